The van der Waals surface area contributed by atoms with Gasteiger partial charge in [-0.25, -0.2) is 0 Å². The monoisotopic (exact) mass is 385 g/mol. The van der Waals surface area contributed by atoms with Gasteiger partial charge in [0, 0.05) is 49.9 Å². The van der Waals surface area contributed by atoms with Crippen LogP contribution in [0.4, 0.5) is 5.69 Å². The topological polar surface area (TPSA) is 35.6 Å². The Balaban J connectivity index is 1.29. The minimum Gasteiger partial charge on any atom is -0.368 e. The lowest BCUT2D eigenvalue weighted by Gasteiger charge is -2.36. The summed E-state index contributed by atoms with van der Waals surface area (Å²) in [6.45, 7) is 4.97. The van der Waals surface area contributed by atoms with Crippen molar-refractivity contribution in [3.05, 3.63) is 65.2 Å². The van der Waals surface area contributed by atoms with E-state index in [2.05, 4.69) is 40.5 Å². The molecule has 0 aliphatic carbocycles. The van der Waals surface area contributed by atoms with E-state index in [4.69, 9.17) is 11.6 Å². The summed E-state index contributed by atoms with van der Waals surface area (Å²) in [5.74, 6) is 0.247. The van der Waals surface area contributed by atoms with Gasteiger partial charge in [0.2, 0.25) is 5.91 Å². The number of hydrogen-bond donors (Lipinski definition) is 1. The molecule has 3 rings (SSSR count). The second-order valence-electron chi connectivity index (χ2n) is 6.94. The van der Waals surface area contributed by atoms with Gasteiger partial charge in [0.05, 0.1) is 0 Å². The molecule has 1 heterocycles. The van der Waals surface area contributed by atoms with Crippen molar-refractivity contribution in [3.8, 4) is 0 Å². The Hall–Kier alpha value is -2.04. The number of carbonyl (C=O) groups is 1. The van der Waals surface area contributed by atoms with Gasteiger partial charge in [0.25, 0.3) is 0 Å². The molecule has 4 nitrogen and oxygen atoms in total. The number of nitrogens with zero attached hydrogens (tertiary/aromatic N) is 2. The lowest BCUT2D eigenvalue weighted by Crippen LogP contribution is -2.49. The maximum Gasteiger partial charge on any atom is 0.223 e. The number of hydrogen-bond acceptors (Lipinski definition) is 3. The van der Waals surface area contributed by atoms with Crippen molar-refractivity contribution in [1.82, 2.24) is 10.2 Å². The summed E-state index contributed by atoms with van der Waals surface area (Å²) in [6.07, 6.45) is 2.74. The van der Waals surface area contributed by atoms with Crippen molar-refractivity contribution in [1.29, 1.82) is 0 Å². The Morgan fingerprint density at radius 2 is 1.74 bits per heavy atom. The molecule has 1 amide bonds. The molecule has 0 atom stereocenters. The number of anilines is 1. The van der Waals surface area contributed by atoms with Gasteiger partial charge in [-0.1, -0.05) is 48.0 Å². The smallest absolute Gasteiger partial charge is 0.223 e. The Morgan fingerprint density at radius 3 is 2.48 bits per heavy atom. The van der Waals surface area contributed by atoms with Crippen LogP contribution in [0.3, 0.4) is 0 Å². The van der Waals surface area contributed by atoms with Gasteiger partial charge in [-0.15, -0.1) is 0 Å². The lowest BCUT2D eigenvalue weighted by atomic mass is 10.1. The second kappa shape index (κ2) is 10.3. The van der Waals surface area contributed by atoms with Crippen molar-refractivity contribution < 1.29 is 4.79 Å². The minimum absolute atomic E-state index is 0.247. The van der Waals surface area contributed by atoms with Crippen LogP contribution in [0.5, 0.6) is 0 Å². The van der Waals surface area contributed by atoms with Crippen LogP contribution in [-0.2, 0) is 11.2 Å². The molecule has 1 N–H and O–H groups in total. The molecule has 0 saturated carbocycles. The molecular weight excluding hydrogens is 358 g/mol. The summed E-state index contributed by atoms with van der Waals surface area (Å²) in [6, 6.07) is 18.4. The third kappa shape index (κ3) is 6.26. The molecule has 2 aromatic carbocycles. The highest BCUT2D eigenvalue weighted by Crippen LogP contribution is 2.20. The SMILES string of the molecule is O=C(CCNCCCc1ccccc1)N1CCN(c2cccc(Cl)c2)CC1. The molecule has 0 aromatic heterocycles. The molecule has 1 aliphatic heterocycles. The fourth-order valence-corrected chi connectivity index (χ4v) is 3.61. The fraction of sp³-hybridized carbons (Fsp3) is 0.409. The Labute approximate surface area is 167 Å². The van der Waals surface area contributed by atoms with E-state index in [-0.39, 0.29) is 5.91 Å². The number of halogens is 1. The largest absolute Gasteiger partial charge is 0.368 e. The first kappa shape index (κ1) is 19.7. The van der Waals surface area contributed by atoms with E-state index in [1.807, 2.05) is 29.2 Å². The Kier molecular flexibility index (Phi) is 7.55. The Bertz CT molecular complexity index is 715. The molecule has 144 valence electrons. The number of piperazine rings is 1. The zero-order valence-corrected chi connectivity index (χ0v) is 16.5. The van der Waals surface area contributed by atoms with E-state index < -0.39 is 0 Å². The van der Waals surface area contributed by atoms with Gasteiger partial charge < -0.3 is 15.1 Å². The molecule has 0 bridgehead atoms. The first-order valence-electron chi connectivity index (χ1n) is 9.75. The second-order valence-corrected chi connectivity index (χ2v) is 7.37. The predicted molar refractivity (Wildman–Crippen MR) is 112 cm³/mol. The highest BCUT2D eigenvalue weighted by molar-refractivity contribution is 6.30. The van der Waals surface area contributed by atoms with E-state index >= 15 is 0 Å². The summed E-state index contributed by atoms with van der Waals surface area (Å²) in [7, 11) is 0. The molecule has 0 unspecified atom stereocenters. The van der Waals surface area contributed by atoms with Gasteiger partial charge >= 0.3 is 0 Å². The van der Waals surface area contributed by atoms with Crippen LogP contribution in [0.2, 0.25) is 5.02 Å². The number of rotatable bonds is 8. The van der Waals surface area contributed by atoms with E-state index in [1.165, 1.54) is 5.56 Å². The maximum atomic E-state index is 12.4. The van der Waals surface area contributed by atoms with Crippen molar-refractivity contribution in [2.24, 2.45) is 0 Å². The van der Waals surface area contributed by atoms with Crippen molar-refractivity contribution >= 4 is 23.2 Å². The molecule has 1 aliphatic rings. The van der Waals surface area contributed by atoms with Crippen LogP contribution in [0.15, 0.2) is 54.6 Å². The highest BCUT2D eigenvalue weighted by Gasteiger charge is 2.20. The first-order valence-corrected chi connectivity index (χ1v) is 10.1. The average Bonchev–Trinajstić information content (AvgIpc) is 2.71. The summed E-state index contributed by atoms with van der Waals surface area (Å²) < 4.78 is 0. The van der Waals surface area contributed by atoms with Gasteiger partial charge in [0.1, 0.15) is 0 Å². The van der Waals surface area contributed by atoms with Crippen LogP contribution in [0.1, 0.15) is 18.4 Å². The zero-order chi connectivity index (χ0) is 18.9. The molecule has 0 spiro atoms. The third-order valence-electron chi connectivity index (χ3n) is 4.98. The fourth-order valence-electron chi connectivity index (χ4n) is 3.43. The number of aryl methyl sites for hydroxylation is 1. The normalized spacial score (nSPS) is 14.4. The summed E-state index contributed by atoms with van der Waals surface area (Å²) in [5, 5.41) is 4.15. The molecule has 1 fully saturated rings. The summed E-state index contributed by atoms with van der Waals surface area (Å²) in [4.78, 5) is 16.7. The van der Waals surface area contributed by atoms with Crippen LogP contribution >= 0.6 is 11.6 Å². The van der Waals surface area contributed by atoms with Crippen LogP contribution in [0.25, 0.3) is 0 Å². The van der Waals surface area contributed by atoms with E-state index in [0.717, 1.165) is 62.8 Å². The van der Waals surface area contributed by atoms with Crippen LogP contribution in [0, 0.1) is 0 Å². The van der Waals surface area contributed by atoms with Crippen molar-refractivity contribution in [3.63, 3.8) is 0 Å². The Morgan fingerprint density at radius 1 is 0.963 bits per heavy atom. The zero-order valence-electron chi connectivity index (χ0n) is 15.7. The highest BCUT2D eigenvalue weighted by atomic mass is 35.5. The van der Waals surface area contributed by atoms with Gasteiger partial charge in [-0.3, -0.25) is 4.79 Å². The molecule has 0 radical (unpaired) electrons. The number of benzene rings is 2. The van der Waals surface area contributed by atoms with Gasteiger partial charge in [-0.2, -0.15) is 0 Å². The van der Waals surface area contributed by atoms with Gasteiger partial charge in [-0.05, 0) is 43.1 Å². The van der Waals surface area contributed by atoms with E-state index in [9.17, 15) is 4.79 Å². The molecule has 27 heavy (non-hydrogen) atoms. The third-order valence-corrected chi connectivity index (χ3v) is 5.22. The summed E-state index contributed by atoms with van der Waals surface area (Å²) >= 11 is 6.07. The molecule has 5 heteroatoms. The summed E-state index contributed by atoms with van der Waals surface area (Å²) in [5.41, 5.74) is 2.50. The van der Waals surface area contributed by atoms with Gasteiger partial charge in [0.15, 0.2) is 0 Å². The number of nitrogens with one attached hydrogen (secondary N) is 1. The number of amides is 1. The average molecular weight is 386 g/mol. The van der Waals surface area contributed by atoms with Crippen molar-refractivity contribution in [2.75, 3.05) is 44.2 Å². The molecule has 1 saturated heterocycles. The van der Waals surface area contributed by atoms with E-state index in [1.54, 1.807) is 0 Å². The maximum absolute atomic E-state index is 12.4. The molecule has 2 aromatic rings. The van der Waals surface area contributed by atoms with Crippen LogP contribution in [-0.4, -0.2) is 50.1 Å². The predicted octanol–water partition coefficient (Wildman–Crippen LogP) is 3.60. The van der Waals surface area contributed by atoms with Crippen molar-refractivity contribution in [2.45, 2.75) is 19.3 Å². The first-order chi connectivity index (χ1) is 13.2. The van der Waals surface area contributed by atoms with E-state index in [0.29, 0.717) is 6.42 Å². The van der Waals surface area contributed by atoms with Crippen LogP contribution < -0.4 is 10.2 Å². The minimum atomic E-state index is 0.247. The number of carbonyl (C=O) groups excluding carboxylic acids is 1. The lowest BCUT2D eigenvalue weighted by molar-refractivity contribution is -0.131. The molecular formula is C22H28ClN3O. The standard InChI is InChI=1S/C22H28ClN3O/c23-20-9-4-10-21(18-20)25-14-16-26(17-15-25)22(27)11-13-24-12-5-8-19-6-2-1-3-7-19/h1-4,6-7,9-10,18,24H,5,8,11-17H2. The quantitative estimate of drug-likeness (QED) is 0.705.